The summed E-state index contributed by atoms with van der Waals surface area (Å²) in [4.78, 5) is 3.52. The van der Waals surface area contributed by atoms with Gasteiger partial charge in [0.15, 0.2) is 11.4 Å². The summed E-state index contributed by atoms with van der Waals surface area (Å²) in [6, 6.07) is 2.32. The van der Waals surface area contributed by atoms with E-state index in [1.165, 1.54) is 6.07 Å². The Morgan fingerprint density at radius 3 is 2.62 bits per heavy atom. The van der Waals surface area contributed by atoms with Gasteiger partial charge >= 0.3 is 6.36 Å². The number of alkyl halides is 3. The van der Waals surface area contributed by atoms with Gasteiger partial charge < -0.3 is 15.6 Å². The van der Waals surface area contributed by atoms with Gasteiger partial charge in [-0.3, -0.25) is 0 Å². The summed E-state index contributed by atoms with van der Waals surface area (Å²) in [6.45, 7) is -0.622. The predicted octanol–water partition coefficient (Wildman–Crippen LogP) is 0.926. The second kappa shape index (κ2) is 4.24. The third kappa shape index (κ3) is 2.74. The molecule has 1 aromatic rings. The largest absolute Gasteiger partial charge is 0.573 e. The molecule has 0 amide bonds. The minimum atomic E-state index is -4.92. The van der Waals surface area contributed by atoms with E-state index in [4.69, 9.17) is 16.1 Å². The first-order chi connectivity index (χ1) is 7.37. The molecule has 0 aromatic carbocycles. The quantitative estimate of drug-likeness (QED) is 0.792. The van der Waals surface area contributed by atoms with E-state index in [0.29, 0.717) is 0 Å². The fourth-order valence-corrected chi connectivity index (χ4v) is 0.957. The van der Waals surface area contributed by atoms with E-state index >= 15 is 0 Å². The van der Waals surface area contributed by atoms with Crippen molar-refractivity contribution in [2.24, 2.45) is 0 Å². The van der Waals surface area contributed by atoms with Crippen LogP contribution in [-0.2, 0) is 6.61 Å². The van der Waals surface area contributed by atoms with Crippen LogP contribution in [0.1, 0.15) is 11.4 Å². The van der Waals surface area contributed by atoms with Gasteiger partial charge in [-0.1, -0.05) is 0 Å². The van der Waals surface area contributed by atoms with Gasteiger partial charge in [0.05, 0.1) is 12.3 Å². The van der Waals surface area contributed by atoms with Crippen molar-refractivity contribution in [3.63, 3.8) is 0 Å². The van der Waals surface area contributed by atoms with Crippen molar-refractivity contribution in [1.29, 1.82) is 5.26 Å². The van der Waals surface area contributed by atoms with E-state index < -0.39 is 30.1 Å². The monoisotopic (exact) mass is 233 g/mol. The first kappa shape index (κ1) is 12.1. The molecule has 1 aromatic heterocycles. The Morgan fingerprint density at radius 2 is 2.19 bits per heavy atom. The third-order valence-corrected chi connectivity index (χ3v) is 1.57. The summed E-state index contributed by atoms with van der Waals surface area (Å²) in [7, 11) is 0. The molecule has 8 heteroatoms. The Morgan fingerprint density at radius 1 is 1.56 bits per heavy atom. The predicted molar refractivity (Wildman–Crippen MR) is 46.0 cm³/mol. The number of hydrogen-bond acceptors (Lipinski definition) is 5. The molecule has 1 heterocycles. The Hall–Kier alpha value is -2.01. The first-order valence-corrected chi connectivity index (χ1v) is 3.93. The highest BCUT2D eigenvalue weighted by Crippen LogP contribution is 2.30. The zero-order valence-electron chi connectivity index (χ0n) is 7.75. The van der Waals surface area contributed by atoms with E-state index in [1.54, 1.807) is 0 Å². The number of aliphatic hydroxyl groups excluding tert-OH is 1. The zero-order chi connectivity index (χ0) is 12.3. The second-order valence-corrected chi connectivity index (χ2v) is 2.69. The number of halogens is 3. The molecule has 0 spiro atoms. The van der Waals surface area contributed by atoms with E-state index in [2.05, 4.69) is 9.72 Å². The summed E-state index contributed by atoms with van der Waals surface area (Å²) in [5, 5.41) is 17.3. The number of hydrogen-bond donors (Lipinski definition) is 2. The standard InChI is InChI=1S/C8H6F3N3O2/c9-8(10,11)16-6-1-4(3-15)14-5(2-12)7(6)13/h1,15H,3,13H2. The Balaban J connectivity index is 3.23. The molecule has 3 N–H and O–H groups in total. The molecule has 0 fully saturated rings. The third-order valence-electron chi connectivity index (χ3n) is 1.57. The molecule has 0 saturated carbocycles. The zero-order valence-corrected chi connectivity index (χ0v) is 7.75. The van der Waals surface area contributed by atoms with Crippen LogP contribution in [0.25, 0.3) is 0 Å². The van der Waals surface area contributed by atoms with Crippen molar-refractivity contribution < 1.29 is 23.0 Å². The molecular formula is C8H6F3N3O2. The molecular weight excluding hydrogens is 227 g/mol. The van der Waals surface area contributed by atoms with Crippen molar-refractivity contribution in [1.82, 2.24) is 4.98 Å². The highest BCUT2D eigenvalue weighted by atomic mass is 19.4. The lowest BCUT2D eigenvalue weighted by molar-refractivity contribution is -0.274. The average Bonchev–Trinajstić information content (AvgIpc) is 2.19. The van der Waals surface area contributed by atoms with Crippen LogP contribution in [0.5, 0.6) is 5.75 Å². The molecule has 0 aliphatic carbocycles. The van der Waals surface area contributed by atoms with Gasteiger partial charge in [0.1, 0.15) is 11.8 Å². The Labute approximate surface area is 87.9 Å². The van der Waals surface area contributed by atoms with Crippen molar-refractivity contribution >= 4 is 5.69 Å². The lowest BCUT2D eigenvalue weighted by Crippen LogP contribution is -2.19. The van der Waals surface area contributed by atoms with Crippen molar-refractivity contribution in [3.05, 3.63) is 17.5 Å². The SMILES string of the molecule is N#Cc1nc(CO)cc(OC(F)(F)F)c1N. The normalized spacial score (nSPS) is 10.9. The van der Waals surface area contributed by atoms with Gasteiger partial charge in [0.25, 0.3) is 0 Å². The number of aliphatic hydroxyl groups is 1. The van der Waals surface area contributed by atoms with E-state index in [-0.39, 0.29) is 5.69 Å². The fourth-order valence-electron chi connectivity index (χ4n) is 0.957. The lowest BCUT2D eigenvalue weighted by atomic mass is 10.2. The molecule has 0 aliphatic heterocycles. The van der Waals surface area contributed by atoms with Gasteiger partial charge in [0, 0.05) is 6.07 Å². The second-order valence-electron chi connectivity index (χ2n) is 2.69. The molecule has 0 saturated heterocycles. The van der Waals surface area contributed by atoms with Crippen LogP contribution >= 0.6 is 0 Å². The number of nitrogen functional groups attached to an aromatic ring is 1. The maximum Gasteiger partial charge on any atom is 0.573 e. The number of rotatable bonds is 2. The van der Waals surface area contributed by atoms with E-state index in [0.717, 1.165) is 6.07 Å². The molecule has 1 rings (SSSR count). The number of ether oxygens (including phenoxy) is 1. The molecule has 16 heavy (non-hydrogen) atoms. The number of anilines is 1. The van der Waals surface area contributed by atoms with Gasteiger partial charge in [-0.25, -0.2) is 4.98 Å². The van der Waals surface area contributed by atoms with Crippen LogP contribution in [0.2, 0.25) is 0 Å². The molecule has 0 atom stereocenters. The number of nitrogens with two attached hydrogens (primary N) is 1. The fraction of sp³-hybridized carbons (Fsp3) is 0.250. The van der Waals surface area contributed by atoms with Gasteiger partial charge in [0.2, 0.25) is 0 Å². The molecule has 0 radical (unpaired) electrons. The van der Waals surface area contributed by atoms with Crippen LogP contribution in [0.3, 0.4) is 0 Å². The maximum atomic E-state index is 11.9. The summed E-state index contributed by atoms with van der Waals surface area (Å²) < 4.78 is 39.4. The highest BCUT2D eigenvalue weighted by Gasteiger charge is 2.32. The van der Waals surface area contributed by atoms with Crippen molar-refractivity contribution in [2.75, 3.05) is 5.73 Å². The number of aromatic nitrogens is 1. The minimum absolute atomic E-state index is 0.134. The molecule has 5 nitrogen and oxygen atoms in total. The topological polar surface area (TPSA) is 92.2 Å². The lowest BCUT2D eigenvalue weighted by Gasteiger charge is -2.12. The molecule has 0 aliphatic rings. The van der Waals surface area contributed by atoms with Crippen LogP contribution in [0.4, 0.5) is 18.9 Å². The van der Waals surface area contributed by atoms with Crippen molar-refractivity contribution in [2.45, 2.75) is 13.0 Å². The van der Waals surface area contributed by atoms with Gasteiger partial charge in [-0.15, -0.1) is 13.2 Å². The van der Waals surface area contributed by atoms with Crippen LogP contribution in [0.15, 0.2) is 6.07 Å². The minimum Gasteiger partial charge on any atom is -0.403 e. The average molecular weight is 233 g/mol. The van der Waals surface area contributed by atoms with Crippen molar-refractivity contribution in [3.8, 4) is 11.8 Å². The first-order valence-electron chi connectivity index (χ1n) is 3.93. The molecule has 0 bridgehead atoms. The summed E-state index contributed by atoms with van der Waals surface area (Å²) in [6.07, 6.45) is -4.92. The Bertz CT molecular complexity index is 439. The van der Waals surface area contributed by atoms with Crippen LogP contribution < -0.4 is 10.5 Å². The van der Waals surface area contributed by atoms with Gasteiger partial charge in [-0.2, -0.15) is 5.26 Å². The number of nitriles is 1. The number of nitrogens with zero attached hydrogens (tertiary/aromatic N) is 2. The summed E-state index contributed by atoms with van der Waals surface area (Å²) in [5.41, 5.74) is 4.16. The smallest absolute Gasteiger partial charge is 0.403 e. The van der Waals surface area contributed by atoms with E-state index in [1.807, 2.05) is 0 Å². The molecule has 86 valence electrons. The maximum absolute atomic E-state index is 11.9. The highest BCUT2D eigenvalue weighted by molar-refractivity contribution is 5.60. The summed E-state index contributed by atoms with van der Waals surface area (Å²) >= 11 is 0. The molecule has 0 unspecified atom stereocenters. The van der Waals surface area contributed by atoms with Crippen LogP contribution in [0, 0.1) is 11.3 Å². The number of pyridine rings is 1. The Kier molecular flexibility index (Phi) is 3.20. The van der Waals surface area contributed by atoms with E-state index in [9.17, 15) is 13.2 Å². The summed E-state index contributed by atoms with van der Waals surface area (Å²) in [5.74, 6) is -0.747. The van der Waals surface area contributed by atoms with Gasteiger partial charge in [-0.05, 0) is 0 Å². The van der Waals surface area contributed by atoms with Crippen LogP contribution in [-0.4, -0.2) is 16.5 Å².